The molecule has 3 rings (SSSR count). The van der Waals surface area contributed by atoms with Crippen molar-refractivity contribution in [1.82, 2.24) is 20.0 Å². The van der Waals surface area contributed by atoms with Crippen molar-refractivity contribution in [2.75, 3.05) is 13.1 Å². The Morgan fingerprint density at radius 2 is 2.41 bits per heavy atom. The van der Waals surface area contributed by atoms with Crippen LogP contribution in [0, 0.1) is 5.82 Å². The molecule has 0 spiro atoms. The summed E-state index contributed by atoms with van der Waals surface area (Å²) in [4.78, 5) is 21.4. The zero-order valence-electron chi connectivity index (χ0n) is 12.0. The number of carbonyl (C=O) groups is 1. The van der Waals surface area contributed by atoms with E-state index in [1.54, 1.807) is 4.90 Å². The Kier molecular flexibility index (Phi) is 3.99. The highest BCUT2D eigenvalue weighted by atomic mass is 19.1. The molecule has 2 aromatic heterocycles. The number of ether oxygens (including phenoxy) is 1. The molecule has 1 atom stereocenters. The van der Waals surface area contributed by atoms with Crippen LogP contribution in [0.4, 0.5) is 4.39 Å². The van der Waals surface area contributed by atoms with Gasteiger partial charge in [0.25, 0.3) is 11.8 Å². The first kappa shape index (κ1) is 14.4. The second kappa shape index (κ2) is 6.08. The summed E-state index contributed by atoms with van der Waals surface area (Å²) >= 11 is 0. The maximum atomic E-state index is 14.1. The van der Waals surface area contributed by atoms with Gasteiger partial charge in [-0.2, -0.15) is 9.37 Å². The standard InChI is InChI=1S/C14H15FN4O3/c1-2-10-12(15)13(17-8-16-10)21-9-4-6-19(7-9)14(20)11-3-5-18-22-11/h3,5,8-9H,2,4,6-7H2,1H3/t9-/m1/s1. The van der Waals surface area contributed by atoms with Crippen molar-refractivity contribution in [3.63, 3.8) is 0 Å². The minimum atomic E-state index is -0.537. The van der Waals surface area contributed by atoms with Crippen molar-refractivity contribution < 1.29 is 18.4 Å². The quantitative estimate of drug-likeness (QED) is 0.850. The molecule has 7 nitrogen and oxygen atoms in total. The predicted molar refractivity (Wildman–Crippen MR) is 72.8 cm³/mol. The van der Waals surface area contributed by atoms with Crippen molar-refractivity contribution in [1.29, 1.82) is 0 Å². The second-order valence-corrected chi connectivity index (χ2v) is 4.95. The van der Waals surface area contributed by atoms with Crippen molar-refractivity contribution in [2.45, 2.75) is 25.9 Å². The van der Waals surface area contributed by atoms with E-state index in [4.69, 9.17) is 9.26 Å². The molecule has 1 saturated heterocycles. The van der Waals surface area contributed by atoms with E-state index < -0.39 is 5.82 Å². The van der Waals surface area contributed by atoms with E-state index in [1.165, 1.54) is 18.6 Å². The van der Waals surface area contributed by atoms with E-state index >= 15 is 0 Å². The lowest BCUT2D eigenvalue weighted by molar-refractivity contribution is 0.0729. The summed E-state index contributed by atoms with van der Waals surface area (Å²) in [5.41, 5.74) is 0.317. The molecule has 1 fully saturated rings. The number of hydrogen-bond acceptors (Lipinski definition) is 6. The first-order valence-corrected chi connectivity index (χ1v) is 7.05. The molecule has 0 bridgehead atoms. The van der Waals surface area contributed by atoms with Gasteiger partial charge in [-0.05, 0) is 6.42 Å². The Bertz CT molecular complexity index is 662. The van der Waals surface area contributed by atoms with E-state index in [1.807, 2.05) is 6.92 Å². The smallest absolute Gasteiger partial charge is 0.292 e. The molecule has 0 aliphatic carbocycles. The van der Waals surface area contributed by atoms with Crippen LogP contribution in [0.3, 0.4) is 0 Å². The molecule has 1 aliphatic rings. The van der Waals surface area contributed by atoms with Crippen LogP contribution >= 0.6 is 0 Å². The summed E-state index contributed by atoms with van der Waals surface area (Å²) in [5.74, 6) is -0.668. The topological polar surface area (TPSA) is 81.4 Å². The van der Waals surface area contributed by atoms with Crippen LogP contribution in [-0.2, 0) is 6.42 Å². The lowest BCUT2D eigenvalue weighted by atomic mass is 10.3. The van der Waals surface area contributed by atoms with Gasteiger partial charge in [-0.25, -0.2) is 4.98 Å². The van der Waals surface area contributed by atoms with Gasteiger partial charge in [-0.15, -0.1) is 0 Å². The number of aromatic nitrogens is 3. The summed E-state index contributed by atoms with van der Waals surface area (Å²) in [7, 11) is 0. The van der Waals surface area contributed by atoms with Gasteiger partial charge in [0.15, 0.2) is 0 Å². The van der Waals surface area contributed by atoms with Gasteiger partial charge in [0.2, 0.25) is 11.6 Å². The minimum Gasteiger partial charge on any atom is -0.470 e. The van der Waals surface area contributed by atoms with Crippen LogP contribution in [0.1, 0.15) is 29.6 Å². The van der Waals surface area contributed by atoms with E-state index in [9.17, 15) is 9.18 Å². The molecule has 8 heteroatoms. The summed E-state index contributed by atoms with van der Waals surface area (Å²) in [5, 5.41) is 3.51. The Morgan fingerprint density at radius 3 is 3.14 bits per heavy atom. The van der Waals surface area contributed by atoms with Crippen LogP contribution in [0.25, 0.3) is 0 Å². The highest BCUT2D eigenvalue weighted by Gasteiger charge is 2.30. The van der Waals surface area contributed by atoms with Crippen LogP contribution in [0.15, 0.2) is 23.1 Å². The van der Waals surface area contributed by atoms with Crippen molar-refractivity contribution >= 4 is 5.91 Å². The maximum absolute atomic E-state index is 14.1. The minimum absolute atomic E-state index is 0.0641. The Morgan fingerprint density at radius 1 is 1.55 bits per heavy atom. The van der Waals surface area contributed by atoms with Crippen molar-refractivity contribution in [3.8, 4) is 5.88 Å². The average Bonchev–Trinajstić information content (AvgIpc) is 3.20. The maximum Gasteiger partial charge on any atom is 0.292 e. The fourth-order valence-electron chi connectivity index (χ4n) is 2.37. The van der Waals surface area contributed by atoms with Crippen LogP contribution in [0.5, 0.6) is 5.88 Å². The number of hydrogen-bond donors (Lipinski definition) is 0. The molecule has 3 heterocycles. The zero-order chi connectivity index (χ0) is 15.5. The predicted octanol–water partition coefficient (Wildman–Crippen LogP) is 1.46. The van der Waals surface area contributed by atoms with Crippen molar-refractivity contribution in [2.24, 2.45) is 0 Å². The van der Waals surface area contributed by atoms with E-state index in [0.717, 1.165) is 0 Å². The molecule has 22 heavy (non-hydrogen) atoms. The molecular weight excluding hydrogens is 291 g/mol. The third-order valence-electron chi connectivity index (χ3n) is 3.52. The molecule has 2 aromatic rings. The van der Waals surface area contributed by atoms with E-state index in [-0.39, 0.29) is 23.7 Å². The Hall–Kier alpha value is -2.51. The number of amides is 1. The monoisotopic (exact) mass is 306 g/mol. The van der Waals surface area contributed by atoms with E-state index in [2.05, 4.69) is 15.1 Å². The van der Waals surface area contributed by atoms with Gasteiger partial charge in [0, 0.05) is 19.0 Å². The number of aryl methyl sites for hydroxylation is 1. The summed E-state index contributed by atoms with van der Waals surface area (Å²) < 4.78 is 24.5. The highest BCUT2D eigenvalue weighted by molar-refractivity contribution is 5.91. The third-order valence-corrected chi connectivity index (χ3v) is 3.52. The lowest BCUT2D eigenvalue weighted by Gasteiger charge is -2.16. The Labute approximate surface area is 126 Å². The summed E-state index contributed by atoms with van der Waals surface area (Å²) in [6.07, 6.45) is 3.46. The number of halogens is 1. The van der Waals surface area contributed by atoms with E-state index in [0.29, 0.717) is 31.6 Å². The molecule has 0 radical (unpaired) electrons. The average molecular weight is 306 g/mol. The lowest BCUT2D eigenvalue weighted by Crippen LogP contribution is -2.30. The van der Waals surface area contributed by atoms with Gasteiger partial charge in [-0.3, -0.25) is 4.79 Å². The molecule has 1 amide bonds. The molecule has 0 unspecified atom stereocenters. The van der Waals surface area contributed by atoms with Crippen LogP contribution in [0.2, 0.25) is 0 Å². The van der Waals surface area contributed by atoms with Gasteiger partial charge in [0.05, 0.1) is 18.4 Å². The molecule has 0 N–H and O–H groups in total. The van der Waals surface area contributed by atoms with Gasteiger partial charge in [0.1, 0.15) is 12.4 Å². The molecule has 1 aliphatic heterocycles. The van der Waals surface area contributed by atoms with Crippen LogP contribution < -0.4 is 4.74 Å². The van der Waals surface area contributed by atoms with Gasteiger partial charge < -0.3 is 14.2 Å². The Balaban J connectivity index is 1.65. The molecule has 0 saturated carbocycles. The van der Waals surface area contributed by atoms with Crippen LogP contribution in [-0.4, -0.2) is 45.1 Å². The van der Waals surface area contributed by atoms with Gasteiger partial charge >= 0.3 is 0 Å². The molecule has 0 aromatic carbocycles. The number of nitrogens with zero attached hydrogens (tertiary/aromatic N) is 4. The summed E-state index contributed by atoms with van der Waals surface area (Å²) in [6.45, 7) is 2.67. The zero-order valence-corrected chi connectivity index (χ0v) is 12.0. The fraction of sp³-hybridized carbons (Fsp3) is 0.429. The number of likely N-dealkylation sites (tertiary alicyclic amines) is 1. The number of carbonyl (C=O) groups excluding carboxylic acids is 1. The first-order valence-electron chi connectivity index (χ1n) is 7.05. The van der Waals surface area contributed by atoms with Gasteiger partial charge in [-0.1, -0.05) is 12.1 Å². The molecular formula is C14H15FN4O3. The normalized spacial score (nSPS) is 17.7. The largest absolute Gasteiger partial charge is 0.470 e. The van der Waals surface area contributed by atoms with Crippen molar-refractivity contribution in [3.05, 3.63) is 35.9 Å². The summed E-state index contributed by atoms with van der Waals surface area (Å²) in [6, 6.07) is 1.51. The highest BCUT2D eigenvalue weighted by Crippen LogP contribution is 2.21. The fourth-order valence-corrected chi connectivity index (χ4v) is 2.37. The third kappa shape index (κ3) is 2.76. The molecule has 116 valence electrons. The number of rotatable bonds is 4. The second-order valence-electron chi connectivity index (χ2n) is 4.95. The first-order chi connectivity index (χ1) is 10.7. The SMILES string of the molecule is CCc1ncnc(O[C@@H]2CCN(C(=O)c3ccno3)C2)c1F.